The number of thiophene rings is 1. The molecule has 0 amide bonds. The van der Waals surface area contributed by atoms with Gasteiger partial charge in [0.15, 0.2) is 4.88 Å². The summed E-state index contributed by atoms with van der Waals surface area (Å²) in [5, 5.41) is 5.43. The van der Waals surface area contributed by atoms with Crippen LogP contribution in [0, 0.1) is 13.8 Å². The van der Waals surface area contributed by atoms with E-state index in [1.54, 1.807) is 6.33 Å². The van der Waals surface area contributed by atoms with Gasteiger partial charge >= 0.3 is 5.97 Å². The van der Waals surface area contributed by atoms with E-state index in [4.69, 9.17) is 25.6 Å². The van der Waals surface area contributed by atoms with E-state index in [9.17, 15) is 4.79 Å². The highest BCUT2D eigenvalue weighted by molar-refractivity contribution is 7.16. The van der Waals surface area contributed by atoms with E-state index < -0.39 is 5.97 Å². The molecule has 1 atom stereocenters. The maximum Gasteiger partial charge on any atom is 0.351 e. The Morgan fingerprint density at radius 1 is 1.17 bits per heavy atom. The first-order valence-electron chi connectivity index (χ1n) is 10.9. The predicted molar refractivity (Wildman–Crippen MR) is 136 cm³/mol. The Balaban J connectivity index is 1.53. The zero-order valence-electron chi connectivity index (χ0n) is 19.5. The number of imidazole rings is 1. The van der Waals surface area contributed by atoms with Gasteiger partial charge < -0.3 is 14.0 Å². The van der Waals surface area contributed by atoms with Crippen LogP contribution in [0.2, 0.25) is 5.02 Å². The monoisotopic (exact) mass is 507 g/mol. The van der Waals surface area contributed by atoms with Crippen LogP contribution in [0.3, 0.4) is 0 Å². The van der Waals surface area contributed by atoms with Gasteiger partial charge in [-0.1, -0.05) is 41.0 Å². The summed E-state index contributed by atoms with van der Waals surface area (Å²) in [4.78, 5) is 17.5. The highest BCUT2D eigenvalue weighted by Gasteiger charge is 2.23. The molecule has 0 bridgehead atoms. The van der Waals surface area contributed by atoms with Gasteiger partial charge in [-0.25, -0.2) is 9.78 Å². The first-order valence-corrected chi connectivity index (χ1v) is 12.1. The standard InChI is InChI=1S/C26H22ClN3O4S/c1-14-24(16(3)34-29-14)17-9-10-21-20(11-17)28-13-30(21)23-12-22(25(35-23)26(31)32-4)33-15(2)18-7-5-6-8-19(18)27/h5-13,15H,1-4H3/t15-/m1/s1. The molecule has 178 valence electrons. The van der Waals surface area contributed by atoms with E-state index in [0.29, 0.717) is 15.6 Å². The highest BCUT2D eigenvalue weighted by Crippen LogP contribution is 2.38. The minimum absolute atomic E-state index is 0.369. The molecular weight excluding hydrogens is 486 g/mol. The number of hydrogen-bond donors (Lipinski definition) is 0. The van der Waals surface area contributed by atoms with Gasteiger partial charge in [0, 0.05) is 22.2 Å². The molecule has 0 aliphatic rings. The van der Waals surface area contributed by atoms with E-state index in [0.717, 1.165) is 44.2 Å². The van der Waals surface area contributed by atoms with Gasteiger partial charge in [0.2, 0.25) is 0 Å². The van der Waals surface area contributed by atoms with Crippen molar-refractivity contribution < 1.29 is 18.8 Å². The largest absolute Gasteiger partial charge is 0.484 e. The summed E-state index contributed by atoms with van der Waals surface area (Å²) >= 11 is 7.62. The maximum atomic E-state index is 12.5. The number of ether oxygens (including phenoxy) is 2. The zero-order chi connectivity index (χ0) is 24.7. The molecule has 3 heterocycles. The van der Waals surface area contributed by atoms with Crippen LogP contribution in [-0.4, -0.2) is 27.8 Å². The smallest absolute Gasteiger partial charge is 0.351 e. The molecule has 0 saturated heterocycles. The average molecular weight is 508 g/mol. The fourth-order valence-corrected chi connectivity index (χ4v) is 5.38. The summed E-state index contributed by atoms with van der Waals surface area (Å²) < 4.78 is 18.4. The Labute approximate surface area is 210 Å². The van der Waals surface area contributed by atoms with Crippen LogP contribution in [0.25, 0.3) is 27.2 Å². The molecule has 5 aromatic rings. The van der Waals surface area contributed by atoms with E-state index in [1.165, 1.54) is 18.4 Å². The van der Waals surface area contributed by atoms with Crippen LogP contribution in [0.5, 0.6) is 5.75 Å². The number of esters is 1. The molecule has 0 spiro atoms. The predicted octanol–water partition coefficient (Wildman–Crippen LogP) is 6.94. The Bertz CT molecular complexity index is 1530. The minimum Gasteiger partial charge on any atom is -0.484 e. The van der Waals surface area contributed by atoms with Crippen LogP contribution < -0.4 is 4.74 Å². The molecule has 0 aliphatic carbocycles. The van der Waals surface area contributed by atoms with Crippen LogP contribution >= 0.6 is 22.9 Å². The number of aryl methyl sites for hydroxylation is 2. The van der Waals surface area contributed by atoms with Gasteiger partial charge in [-0.15, -0.1) is 11.3 Å². The van der Waals surface area contributed by atoms with Crippen molar-refractivity contribution in [3.63, 3.8) is 0 Å². The molecule has 0 aliphatic heterocycles. The number of fused-ring (bicyclic) bond motifs is 1. The number of hydrogen-bond acceptors (Lipinski definition) is 7. The second-order valence-corrected chi connectivity index (χ2v) is 9.51. The third-order valence-electron chi connectivity index (χ3n) is 5.81. The number of benzene rings is 2. The van der Waals surface area contributed by atoms with Gasteiger partial charge in [0.1, 0.15) is 28.9 Å². The lowest BCUT2D eigenvalue weighted by atomic mass is 10.0. The highest BCUT2D eigenvalue weighted by atomic mass is 35.5. The summed E-state index contributed by atoms with van der Waals surface area (Å²) in [5.74, 6) is 0.725. The van der Waals surface area contributed by atoms with Crippen molar-refractivity contribution >= 4 is 39.9 Å². The van der Waals surface area contributed by atoms with Crippen molar-refractivity contribution in [1.29, 1.82) is 0 Å². The van der Waals surface area contributed by atoms with Crippen LogP contribution in [0.4, 0.5) is 0 Å². The number of nitrogens with zero attached hydrogens (tertiary/aromatic N) is 3. The quantitative estimate of drug-likeness (QED) is 0.232. The van der Waals surface area contributed by atoms with Crippen molar-refractivity contribution in [2.45, 2.75) is 26.9 Å². The molecule has 0 fully saturated rings. The number of carbonyl (C=O) groups excluding carboxylic acids is 1. The van der Waals surface area contributed by atoms with Crippen molar-refractivity contribution in [1.82, 2.24) is 14.7 Å². The third-order valence-corrected chi connectivity index (χ3v) is 7.25. The lowest BCUT2D eigenvalue weighted by Gasteiger charge is -2.16. The normalized spacial score (nSPS) is 12.1. The molecule has 0 radical (unpaired) electrons. The topological polar surface area (TPSA) is 79.4 Å². The summed E-state index contributed by atoms with van der Waals surface area (Å²) in [6, 6.07) is 15.3. The number of carbonyl (C=O) groups is 1. The first-order chi connectivity index (χ1) is 16.9. The van der Waals surface area contributed by atoms with Crippen LogP contribution in [0.15, 0.2) is 59.4 Å². The minimum atomic E-state index is -0.465. The van der Waals surface area contributed by atoms with Gasteiger partial charge in [-0.2, -0.15) is 0 Å². The molecule has 2 aromatic carbocycles. The zero-order valence-corrected chi connectivity index (χ0v) is 21.1. The average Bonchev–Trinajstić information content (AvgIpc) is 3.55. The fourth-order valence-electron chi connectivity index (χ4n) is 4.10. The summed E-state index contributed by atoms with van der Waals surface area (Å²) in [6.07, 6.45) is 1.36. The van der Waals surface area contributed by atoms with Gasteiger partial charge in [0.05, 0.1) is 23.8 Å². The molecule has 0 unspecified atom stereocenters. The second-order valence-electron chi connectivity index (χ2n) is 8.07. The third kappa shape index (κ3) is 4.19. The lowest BCUT2D eigenvalue weighted by Crippen LogP contribution is -2.07. The molecule has 3 aromatic heterocycles. The summed E-state index contributed by atoms with van der Waals surface area (Å²) in [5.41, 5.74) is 5.31. The molecule has 7 nitrogen and oxygen atoms in total. The molecular formula is C26H22ClN3O4S. The van der Waals surface area contributed by atoms with E-state index in [1.807, 2.05) is 73.9 Å². The van der Waals surface area contributed by atoms with Crippen LogP contribution in [-0.2, 0) is 4.74 Å². The van der Waals surface area contributed by atoms with E-state index >= 15 is 0 Å². The first kappa shape index (κ1) is 23.1. The molecule has 0 saturated carbocycles. The van der Waals surface area contributed by atoms with Crippen molar-refractivity contribution in [2.24, 2.45) is 0 Å². The van der Waals surface area contributed by atoms with Crippen molar-refractivity contribution in [2.75, 3.05) is 7.11 Å². The molecule has 5 rings (SSSR count). The lowest BCUT2D eigenvalue weighted by molar-refractivity contribution is 0.0600. The summed E-state index contributed by atoms with van der Waals surface area (Å²) in [6.45, 7) is 5.70. The van der Waals surface area contributed by atoms with Gasteiger partial charge in [-0.05, 0) is 44.5 Å². The number of halogens is 1. The molecule has 0 N–H and O–H groups in total. The maximum absolute atomic E-state index is 12.5. The number of aromatic nitrogens is 3. The SMILES string of the molecule is COC(=O)c1sc(-n2cnc3cc(-c4c(C)noc4C)ccc32)cc1O[C@H](C)c1ccccc1Cl. The second kappa shape index (κ2) is 9.20. The van der Waals surface area contributed by atoms with E-state index in [2.05, 4.69) is 10.1 Å². The fraction of sp³-hybridized carbons (Fsp3) is 0.192. The van der Waals surface area contributed by atoms with Crippen LogP contribution in [0.1, 0.15) is 39.7 Å². The number of rotatable bonds is 6. The Hall–Kier alpha value is -3.62. The Morgan fingerprint density at radius 2 is 1.97 bits per heavy atom. The summed E-state index contributed by atoms with van der Waals surface area (Å²) in [7, 11) is 1.35. The van der Waals surface area contributed by atoms with Gasteiger partial charge in [0.25, 0.3) is 0 Å². The Kier molecular flexibility index (Phi) is 6.08. The van der Waals surface area contributed by atoms with E-state index in [-0.39, 0.29) is 6.10 Å². The Morgan fingerprint density at radius 3 is 2.69 bits per heavy atom. The number of methoxy groups -OCH3 is 1. The van der Waals surface area contributed by atoms with Crippen molar-refractivity contribution in [3.05, 3.63) is 81.8 Å². The van der Waals surface area contributed by atoms with Crippen molar-refractivity contribution in [3.8, 4) is 21.9 Å². The van der Waals surface area contributed by atoms with Gasteiger partial charge in [-0.3, -0.25) is 4.57 Å². The molecule has 35 heavy (non-hydrogen) atoms. The molecule has 9 heteroatoms.